The molecule has 0 atom stereocenters. The van der Waals surface area contributed by atoms with Crippen molar-refractivity contribution in [3.8, 4) is 0 Å². The van der Waals surface area contributed by atoms with E-state index in [1.54, 1.807) is 5.31 Å². The highest BCUT2D eigenvalue weighted by Crippen LogP contribution is 2.61. The highest BCUT2D eigenvalue weighted by Gasteiger charge is 2.32. The standard InChI is InChI=1S/C17H25P/c1-3-9-15(10-4-1)18(17-13-7-8-14-17)16-11-5-2-6-12-16/h7-8,13,15-16H,1-6,9-12H2. The van der Waals surface area contributed by atoms with E-state index in [1.807, 2.05) is 0 Å². The molecule has 2 fully saturated rings. The number of hydrogen-bond acceptors (Lipinski definition) is 0. The van der Waals surface area contributed by atoms with Crippen LogP contribution in [0.4, 0.5) is 0 Å². The molecule has 0 spiro atoms. The molecule has 3 aliphatic rings. The van der Waals surface area contributed by atoms with E-state index in [0.29, 0.717) is 0 Å². The highest BCUT2D eigenvalue weighted by atomic mass is 31.1. The highest BCUT2D eigenvalue weighted by molar-refractivity contribution is 7.63. The molecular weight excluding hydrogens is 235 g/mol. The van der Waals surface area contributed by atoms with E-state index in [9.17, 15) is 0 Å². The SMILES string of the molecule is C1=CC=CC=1P(C1CCCCC1)C1CCCCC1. The average molecular weight is 260 g/mol. The fourth-order valence-corrected chi connectivity index (χ4v) is 7.60. The maximum atomic E-state index is 3.56. The zero-order valence-electron chi connectivity index (χ0n) is 11.4. The van der Waals surface area contributed by atoms with Crippen LogP contribution in [0.3, 0.4) is 0 Å². The van der Waals surface area contributed by atoms with Crippen molar-refractivity contribution in [3.63, 3.8) is 0 Å². The summed E-state index contributed by atoms with van der Waals surface area (Å²) < 4.78 is 0. The lowest BCUT2D eigenvalue weighted by Gasteiger charge is -2.38. The van der Waals surface area contributed by atoms with Crippen LogP contribution in [0.2, 0.25) is 0 Å². The predicted molar refractivity (Wildman–Crippen MR) is 81.4 cm³/mol. The van der Waals surface area contributed by atoms with Crippen LogP contribution in [-0.2, 0) is 0 Å². The maximum Gasteiger partial charge on any atom is 0.0180 e. The summed E-state index contributed by atoms with van der Waals surface area (Å²) in [6, 6.07) is 0. The van der Waals surface area contributed by atoms with E-state index >= 15 is 0 Å². The Labute approximate surface area is 113 Å². The third-order valence-corrected chi connectivity index (χ3v) is 8.24. The molecular formula is C17H25P. The lowest BCUT2D eigenvalue weighted by Crippen LogP contribution is -2.20. The second-order valence-electron chi connectivity index (χ2n) is 6.05. The smallest absolute Gasteiger partial charge is 0.0180 e. The summed E-state index contributed by atoms with van der Waals surface area (Å²) in [7, 11) is 0.0894. The van der Waals surface area contributed by atoms with Crippen LogP contribution in [0, 0.1) is 0 Å². The molecule has 98 valence electrons. The molecule has 0 heterocycles. The van der Waals surface area contributed by atoms with Gasteiger partial charge in [0, 0.05) is 5.31 Å². The molecule has 0 aromatic rings. The number of hydrogen-bond donors (Lipinski definition) is 0. The first-order valence-electron chi connectivity index (χ1n) is 7.87. The van der Waals surface area contributed by atoms with Gasteiger partial charge in [0.05, 0.1) is 0 Å². The zero-order valence-corrected chi connectivity index (χ0v) is 12.3. The third-order valence-electron chi connectivity index (χ3n) is 4.80. The summed E-state index contributed by atoms with van der Waals surface area (Å²) in [6.45, 7) is 0. The van der Waals surface area contributed by atoms with Crippen LogP contribution >= 0.6 is 7.92 Å². The zero-order chi connectivity index (χ0) is 12.2. The summed E-state index contributed by atoms with van der Waals surface area (Å²) >= 11 is 0. The minimum Gasteiger partial charge on any atom is -0.112 e. The van der Waals surface area contributed by atoms with E-state index in [-0.39, 0.29) is 7.92 Å². The Balaban J connectivity index is 1.78. The van der Waals surface area contributed by atoms with E-state index in [1.165, 1.54) is 64.2 Å². The van der Waals surface area contributed by atoms with Crippen molar-refractivity contribution < 1.29 is 0 Å². The molecule has 0 aromatic carbocycles. The van der Waals surface area contributed by atoms with E-state index in [0.717, 1.165) is 11.3 Å². The van der Waals surface area contributed by atoms with Crippen LogP contribution < -0.4 is 0 Å². The number of rotatable bonds is 3. The molecule has 0 N–H and O–H groups in total. The first-order valence-corrected chi connectivity index (χ1v) is 9.35. The normalized spacial score (nSPS) is 25.9. The summed E-state index contributed by atoms with van der Waals surface area (Å²) in [4.78, 5) is 0. The van der Waals surface area contributed by atoms with Gasteiger partial charge in [0.15, 0.2) is 0 Å². The first-order chi connectivity index (χ1) is 8.95. The summed E-state index contributed by atoms with van der Waals surface area (Å²) in [5, 5.41) is 1.60. The van der Waals surface area contributed by atoms with Gasteiger partial charge in [-0.2, -0.15) is 0 Å². The molecule has 0 saturated heterocycles. The Kier molecular flexibility index (Phi) is 4.40. The molecule has 3 aliphatic carbocycles. The molecule has 0 aliphatic heterocycles. The Morgan fingerprint density at radius 1 is 0.833 bits per heavy atom. The summed E-state index contributed by atoms with van der Waals surface area (Å²) in [5.74, 6) is 0. The van der Waals surface area contributed by atoms with Crippen molar-refractivity contribution in [1.29, 1.82) is 0 Å². The lowest BCUT2D eigenvalue weighted by atomic mass is 9.99. The van der Waals surface area contributed by atoms with Crippen molar-refractivity contribution in [1.82, 2.24) is 0 Å². The molecule has 2 saturated carbocycles. The molecule has 0 unspecified atom stereocenters. The Morgan fingerprint density at radius 2 is 1.39 bits per heavy atom. The van der Waals surface area contributed by atoms with Crippen molar-refractivity contribution in [2.24, 2.45) is 0 Å². The maximum absolute atomic E-state index is 3.56. The molecule has 18 heavy (non-hydrogen) atoms. The second-order valence-corrected chi connectivity index (χ2v) is 8.80. The Hall–Kier alpha value is -0.310. The molecule has 0 aromatic heterocycles. The molecule has 0 bridgehead atoms. The van der Waals surface area contributed by atoms with Crippen LogP contribution in [0.15, 0.2) is 29.3 Å². The van der Waals surface area contributed by atoms with Crippen molar-refractivity contribution in [2.45, 2.75) is 75.5 Å². The third kappa shape index (κ3) is 2.81. The Morgan fingerprint density at radius 3 is 1.83 bits per heavy atom. The average Bonchev–Trinajstić information content (AvgIpc) is 2.95. The molecule has 0 nitrogen and oxygen atoms in total. The molecule has 1 heteroatoms. The quantitative estimate of drug-likeness (QED) is 0.448. The van der Waals surface area contributed by atoms with Crippen molar-refractivity contribution in [3.05, 3.63) is 29.3 Å². The fourth-order valence-electron chi connectivity index (χ4n) is 3.89. The lowest BCUT2D eigenvalue weighted by molar-refractivity contribution is 0.486. The van der Waals surface area contributed by atoms with Gasteiger partial charge in [-0.3, -0.25) is 0 Å². The number of allylic oxidation sites excluding steroid dienone is 3. The van der Waals surface area contributed by atoms with Crippen molar-refractivity contribution >= 4 is 7.92 Å². The van der Waals surface area contributed by atoms with Gasteiger partial charge in [-0.25, -0.2) is 0 Å². The molecule has 0 amide bonds. The van der Waals surface area contributed by atoms with Crippen LogP contribution in [0.25, 0.3) is 0 Å². The fraction of sp³-hybridized carbons (Fsp3) is 0.706. The minimum atomic E-state index is 0.0894. The van der Waals surface area contributed by atoms with Gasteiger partial charge in [-0.15, -0.1) is 5.73 Å². The van der Waals surface area contributed by atoms with Gasteiger partial charge in [0.1, 0.15) is 0 Å². The largest absolute Gasteiger partial charge is 0.112 e. The van der Waals surface area contributed by atoms with Gasteiger partial charge in [-0.05, 0) is 49.2 Å². The van der Waals surface area contributed by atoms with E-state index in [2.05, 4.69) is 24.0 Å². The van der Waals surface area contributed by atoms with Gasteiger partial charge < -0.3 is 0 Å². The predicted octanol–water partition coefficient (Wildman–Crippen LogP) is 5.74. The molecule has 3 rings (SSSR count). The van der Waals surface area contributed by atoms with Gasteiger partial charge >= 0.3 is 0 Å². The van der Waals surface area contributed by atoms with Crippen molar-refractivity contribution in [2.75, 3.05) is 0 Å². The van der Waals surface area contributed by atoms with Crippen LogP contribution in [0.5, 0.6) is 0 Å². The monoisotopic (exact) mass is 260 g/mol. The first kappa shape index (κ1) is 12.7. The topological polar surface area (TPSA) is 0 Å². The molecule has 0 radical (unpaired) electrons. The Bertz CT molecular complexity index is 343. The second kappa shape index (κ2) is 6.23. The van der Waals surface area contributed by atoms with Gasteiger partial charge in [-0.1, -0.05) is 52.5 Å². The van der Waals surface area contributed by atoms with Gasteiger partial charge in [0.25, 0.3) is 0 Å². The van der Waals surface area contributed by atoms with Crippen LogP contribution in [-0.4, -0.2) is 11.3 Å². The van der Waals surface area contributed by atoms with Crippen LogP contribution in [0.1, 0.15) is 64.2 Å². The van der Waals surface area contributed by atoms with E-state index in [4.69, 9.17) is 0 Å². The summed E-state index contributed by atoms with van der Waals surface area (Å²) in [5.41, 5.74) is 5.61. The van der Waals surface area contributed by atoms with Gasteiger partial charge in [0.2, 0.25) is 0 Å². The van der Waals surface area contributed by atoms with E-state index < -0.39 is 0 Å². The minimum absolute atomic E-state index is 0.0894. The summed E-state index contributed by atoms with van der Waals surface area (Å²) in [6.07, 6.45) is 21.6.